The van der Waals surface area contributed by atoms with Crippen LogP contribution in [0.3, 0.4) is 0 Å². The Bertz CT molecular complexity index is 1320. The van der Waals surface area contributed by atoms with Crippen molar-refractivity contribution in [2.24, 2.45) is 5.92 Å². The molecule has 0 saturated heterocycles. The molecule has 0 aliphatic rings. The predicted molar refractivity (Wildman–Crippen MR) is 141 cm³/mol. The lowest BCUT2D eigenvalue weighted by molar-refractivity contribution is -0.141. The number of carboxylic acid groups (broad SMARTS) is 1. The topological polar surface area (TPSA) is 71.8 Å². The molecule has 1 heterocycles. The van der Waals surface area contributed by atoms with E-state index in [-0.39, 0.29) is 12.5 Å². The summed E-state index contributed by atoms with van der Waals surface area (Å²) in [7, 11) is 1.82. The monoisotopic (exact) mass is 484 g/mol. The van der Waals surface area contributed by atoms with Crippen molar-refractivity contribution in [2.45, 2.75) is 32.9 Å². The van der Waals surface area contributed by atoms with E-state index in [1.54, 1.807) is 11.8 Å². The summed E-state index contributed by atoms with van der Waals surface area (Å²) in [5.74, 6) is -0.670. The van der Waals surface area contributed by atoms with Gasteiger partial charge in [-0.1, -0.05) is 67.6 Å². The number of likely N-dealkylation sites (N-methyl/N-ethyl adjacent to an activating group) is 1. The molecule has 1 N–H and O–H groups in total. The number of benzene rings is 3. The minimum absolute atomic E-state index is 0.00469. The van der Waals surface area contributed by atoms with Gasteiger partial charge in [-0.3, -0.25) is 9.59 Å². The van der Waals surface area contributed by atoms with Crippen LogP contribution in [-0.2, 0) is 35.6 Å². The Morgan fingerprint density at radius 2 is 1.64 bits per heavy atom. The van der Waals surface area contributed by atoms with Gasteiger partial charge in [-0.15, -0.1) is 0 Å². The zero-order valence-electron chi connectivity index (χ0n) is 20.8. The van der Waals surface area contributed by atoms with Crippen LogP contribution in [-0.4, -0.2) is 40.0 Å². The molecule has 1 amide bonds. The lowest BCUT2D eigenvalue weighted by Gasteiger charge is -2.18. The second kappa shape index (κ2) is 11.6. The lowest BCUT2D eigenvalue weighted by Crippen LogP contribution is -2.31. The van der Waals surface area contributed by atoms with Crippen LogP contribution in [0.5, 0.6) is 5.75 Å². The molecule has 6 heteroatoms. The summed E-state index contributed by atoms with van der Waals surface area (Å²) in [5, 5.41) is 10.4. The van der Waals surface area contributed by atoms with Gasteiger partial charge >= 0.3 is 5.97 Å². The van der Waals surface area contributed by atoms with Crippen LogP contribution in [0.15, 0.2) is 85.1 Å². The molecule has 0 saturated carbocycles. The summed E-state index contributed by atoms with van der Waals surface area (Å²) in [5.41, 5.74) is 4.04. The zero-order chi connectivity index (χ0) is 25.5. The van der Waals surface area contributed by atoms with E-state index in [2.05, 4.69) is 12.1 Å². The Balaban J connectivity index is 1.52. The summed E-state index contributed by atoms with van der Waals surface area (Å²) >= 11 is 0. The van der Waals surface area contributed by atoms with Crippen LogP contribution in [0.25, 0.3) is 10.9 Å². The van der Waals surface area contributed by atoms with E-state index in [4.69, 9.17) is 4.74 Å². The average molecular weight is 485 g/mol. The second-order valence-corrected chi connectivity index (χ2v) is 9.23. The molecule has 0 fully saturated rings. The maximum atomic E-state index is 13.0. The van der Waals surface area contributed by atoms with E-state index in [0.717, 1.165) is 28.5 Å². The SMILES string of the molecule is CC(Cc1cn(CC(=O)N(C)CCc2ccccc2)c2ccc(OCc3ccccc3)cc12)C(=O)O. The van der Waals surface area contributed by atoms with Crippen LogP contribution in [0.1, 0.15) is 23.6 Å². The summed E-state index contributed by atoms with van der Waals surface area (Å²) in [6, 6.07) is 25.8. The molecule has 4 rings (SSSR count). The average Bonchev–Trinajstić information content (AvgIpc) is 3.23. The largest absolute Gasteiger partial charge is 0.489 e. The molecule has 0 spiro atoms. The molecule has 0 bridgehead atoms. The van der Waals surface area contributed by atoms with Crippen molar-refractivity contribution < 1.29 is 19.4 Å². The molecule has 1 aromatic heterocycles. The quantitative estimate of drug-likeness (QED) is 0.318. The standard InChI is InChI=1S/C30H32N2O4/c1-22(30(34)35)17-25-19-32(20-29(33)31(2)16-15-23-9-5-3-6-10-23)28-14-13-26(18-27(25)28)36-21-24-11-7-4-8-12-24/h3-14,18-19,22H,15-17,20-21H2,1-2H3,(H,34,35). The van der Waals surface area contributed by atoms with E-state index < -0.39 is 11.9 Å². The van der Waals surface area contributed by atoms with E-state index in [1.165, 1.54) is 5.56 Å². The number of amides is 1. The number of aliphatic carboxylic acids is 1. The van der Waals surface area contributed by atoms with Crippen molar-refractivity contribution in [1.82, 2.24) is 9.47 Å². The lowest BCUT2D eigenvalue weighted by atomic mass is 10.0. The summed E-state index contributed by atoms with van der Waals surface area (Å²) in [6.45, 7) is 2.96. The fraction of sp³-hybridized carbons (Fsp3) is 0.267. The Morgan fingerprint density at radius 3 is 2.31 bits per heavy atom. The third kappa shape index (κ3) is 6.33. The summed E-state index contributed by atoms with van der Waals surface area (Å²) < 4.78 is 7.93. The molecular formula is C30H32N2O4. The van der Waals surface area contributed by atoms with Gasteiger partial charge in [0.2, 0.25) is 5.91 Å². The molecule has 3 aromatic carbocycles. The van der Waals surface area contributed by atoms with Crippen molar-refractivity contribution in [3.63, 3.8) is 0 Å². The first-order valence-electron chi connectivity index (χ1n) is 12.2. The highest BCUT2D eigenvalue weighted by molar-refractivity contribution is 5.88. The minimum Gasteiger partial charge on any atom is -0.489 e. The van der Waals surface area contributed by atoms with Crippen LogP contribution < -0.4 is 4.74 Å². The maximum Gasteiger partial charge on any atom is 0.306 e. The van der Waals surface area contributed by atoms with Crippen LogP contribution in [0.4, 0.5) is 0 Å². The van der Waals surface area contributed by atoms with E-state index in [1.807, 2.05) is 84.5 Å². The van der Waals surface area contributed by atoms with E-state index >= 15 is 0 Å². The Labute approximate surface area is 211 Å². The van der Waals surface area contributed by atoms with Gasteiger partial charge in [0.15, 0.2) is 0 Å². The molecule has 1 unspecified atom stereocenters. The first-order valence-corrected chi connectivity index (χ1v) is 12.2. The molecule has 0 aliphatic heterocycles. The molecule has 1 atom stereocenters. The minimum atomic E-state index is -0.843. The number of hydrogen-bond acceptors (Lipinski definition) is 3. The number of nitrogens with zero attached hydrogens (tertiary/aromatic N) is 2. The number of carbonyl (C=O) groups excluding carboxylic acids is 1. The highest BCUT2D eigenvalue weighted by atomic mass is 16.5. The highest BCUT2D eigenvalue weighted by Gasteiger charge is 2.19. The molecule has 0 radical (unpaired) electrons. The van der Waals surface area contributed by atoms with Crippen molar-refractivity contribution >= 4 is 22.8 Å². The van der Waals surface area contributed by atoms with E-state index in [9.17, 15) is 14.7 Å². The fourth-order valence-corrected chi connectivity index (χ4v) is 4.22. The van der Waals surface area contributed by atoms with Gasteiger partial charge in [0.05, 0.1) is 5.92 Å². The summed E-state index contributed by atoms with van der Waals surface area (Å²) in [6.07, 6.45) is 3.08. The number of hydrogen-bond donors (Lipinski definition) is 1. The van der Waals surface area contributed by atoms with Gasteiger partial charge in [0.25, 0.3) is 0 Å². The van der Waals surface area contributed by atoms with Crippen molar-refractivity contribution in [2.75, 3.05) is 13.6 Å². The molecule has 0 aliphatic carbocycles. The highest BCUT2D eigenvalue weighted by Crippen LogP contribution is 2.29. The van der Waals surface area contributed by atoms with Gasteiger partial charge in [-0.2, -0.15) is 0 Å². The van der Waals surface area contributed by atoms with Crippen LogP contribution in [0.2, 0.25) is 0 Å². The Morgan fingerprint density at radius 1 is 0.972 bits per heavy atom. The third-order valence-electron chi connectivity index (χ3n) is 6.44. The maximum absolute atomic E-state index is 13.0. The smallest absolute Gasteiger partial charge is 0.306 e. The normalized spacial score (nSPS) is 11.8. The van der Waals surface area contributed by atoms with Gasteiger partial charge in [0.1, 0.15) is 18.9 Å². The molecule has 36 heavy (non-hydrogen) atoms. The van der Waals surface area contributed by atoms with Gasteiger partial charge in [-0.05, 0) is 47.7 Å². The van der Waals surface area contributed by atoms with Crippen molar-refractivity contribution in [3.8, 4) is 5.75 Å². The van der Waals surface area contributed by atoms with E-state index in [0.29, 0.717) is 25.3 Å². The molecular weight excluding hydrogens is 452 g/mol. The van der Waals surface area contributed by atoms with Crippen LogP contribution in [0, 0.1) is 5.92 Å². The number of ether oxygens (including phenoxy) is 1. The predicted octanol–water partition coefficient (Wildman–Crippen LogP) is 5.18. The fourth-order valence-electron chi connectivity index (χ4n) is 4.22. The van der Waals surface area contributed by atoms with Crippen molar-refractivity contribution in [1.29, 1.82) is 0 Å². The number of aromatic nitrogens is 1. The first-order chi connectivity index (χ1) is 17.4. The van der Waals surface area contributed by atoms with Crippen molar-refractivity contribution in [3.05, 3.63) is 102 Å². The number of carboxylic acids is 1. The second-order valence-electron chi connectivity index (χ2n) is 9.23. The Kier molecular flexibility index (Phi) is 8.06. The van der Waals surface area contributed by atoms with Gasteiger partial charge in [-0.25, -0.2) is 0 Å². The molecule has 4 aromatic rings. The zero-order valence-corrected chi connectivity index (χ0v) is 20.8. The van der Waals surface area contributed by atoms with Crippen LogP contribution >= 0.6 is 0 Å². The van der Waals surface area contributed by atoms with Gasteiger partial charge in [0, 0.05) is 30.7 Å². The van der Waals surface area contributed by atoms with Gasteiger partial charge < -0.3 is 19.3 Å². The molecule has 6 nitrogen and oxygen atoms in total. The third-order valence-corrected chi connectivity index (χ3v) is 6.44. The first kappa shape index (κ1) is 25.0. The number of fused-ring (bicyclic) bond motifs is 1. The Hall–Kier alpha value is -4.06. The molecule has 186 valence electrons. The number of carbonyl (C=O) groups is 2. The number of rotatable bonds is 11. The summed E-state index contributed by atoms with van der Waals surface area (Å²) in [4.78, 5) is 26.3.